The van der Waals surface area contributed by atoms with E-state index in [-0.39, 0.29) is 17.6 Å². The van der Waals surface area contributed by atoms with Gasteiger partial charge in [0.15, 0.2) is 0 Å². The molecule has 118 valence electrons. The molecule has 7 nitrogen and oxygen atoms in total. The average Bonchev–Trinajstić information content (AvgIpc) is 2.90. The molecule has 0 radical (unpaired) electrons. The van der Waals surface area contributed by atoms with E-state index in [1.807, 2.05) is 19.9 Å². The maximum atomic E-state index is 12.6. The van der Waals surface area contributed by atoms with Crippen LogP contribution in [0.4, 0.5) is 0 Å². The molecular formula is C15H21N5O2. The largest absolute Gasteiger partial charge is 0.393 e. The third kappa shape index (κ3) is 2.68. The van der Waals surface area contributed by atoms with Crippen LogP contribution in [-0.2, 0) is 0 Å². The normalized spacial score (nSPS) is 20.4. The number of aryl methyl sites for hydroxylation is 2. The van der Waals surface area contributed by atoms with Gasteiger partial charge in [0.05, 0.1) is 6.10 Å². The van der Waals surface area contributed by atoms with Gasteiger partial charge >= 0.3 is 0 Å². The Balaban J connectivity index is 1.87. The lowest BCUT2D eigenvalue weighted by Gasteiger charge is -2.33. The molecule has 2 aromatic heterocycles. The van der Waals surface area contributed by atoms with Gasteiger partial charge in [0.25, 0.3) is 11.7 Å². The zero-order valence-electron chi connectivity index (χ0n) is 13.2. The van der Waals surface area contributed by atoms with Gasteiger partial charge in [0, 0.05) is 30.4 Å². The van der Waals surface area contributed by atoms with Gasteiger partial charge in [-0.1, -0.05) is 0 Å². The van der Waals surface area contributed by atoms with Gasteiger partial charge in [0.2, 0.25) is 5.82 Å². The molecule has 0 saturated carbocycles. The summed E-state index contributed by atoms with van der Waals surface area (Å²) in [6.07, 6.45) is 1.43. The van der Waals surface area contributed by atoms with Crippen LogP contribution in [0.25, 0.3) is 5.78 Å². The van der Waals surface area contributed by atoms with Crippen molar-refractivity contribution in [2.45, 2.75) is 39.7 Å². The summed E-state index contributed by atoms with van der Waals surface area (Å²) in [5.41, 5.74) is 1.75. The SMILES string of the molecule is Cc1cc(C)n2nc(C(=O)N3CCCC(C(C)O)C3)nc2n1. The van der Waals surface area contributed by atoms with Crippen LogP contribution in [0.5, 0.6) is 0 Å². The Morgan fingerprint density at radius 3 is 2.91 bits per heavy atom. The summed E-state index contributed by atoms with van der Waals surface area (Å²) in [7, 11) is 0. The van der Waals surface area contributed by atoms with E-state index in [2.05, 4.69) is 15.1 Å². The minimum absolute atomic E-state index is 0.122. The number of piperidine rings is 1. The van der Waals surface area contributed by atoms with E-state index in [0.717, 1.165) is 24.2 Å². The molecule has 1 saturated heterocycles. The number of carbonyl (C=O) groups excluding carboxylic acids is 1. The van der Waals surface area contributed by atoms with Crippen LogP contribution in [-0.4, -0.2) is 54.7 Å². The third-order valence-electron chi connectivity index (χ3n) is 4.24. The smallest absolute Gasteiger partial charge is 0.293 e. The van der Waals surface area contributed by atoms with Crippen LogP contribution in [0.15, 0.2) is 6.07 Å². The molecule has 1 amide bonds. The predicted octanol–water partition coefficient (Wildman–Crippen LogP) is 0.974. The second kappa shape index (κ2) is 5.64. The van der Waals surface area contributed by atoms with Crippen molar-refractivity contribution in [3.05, 3.63) is 23.3 Å². The average molecular weight is 303 g/mol. The highest BCUT2D eigenvalue weighted by atomic mass is 16.3. The number of rotatable bonds is 2. The number of carbonyl (C=O) groups is 1. The highest BCUT2D eigenvalue weighted by molar-refractivity contribution is 5.91. The van der Waals surface area contributed by atoms with Crippen molar-refractivity contribution >= 4 is 11.7 Å². The highest BCUT2D eigenvalue weighted by Gasteiger charge is 2.29. The molecular weight excluding hydrogens is 282 g/mol. The van der Waals surface area contributed by atoms with Gasteiger partial charge in [-0.15, -0.1) is 5.10 Å². The van der Waals surface area contributed by atoms with E-state index < -0.39 is 6.10 Å². The van der Waals surface area contributed by atoms with E-state index in [1.54, 1.807) is 16.3 Å². The fourth-order valence-corrected chi connectivity index (χ4v) is 2.99. The Kier molecular flexibility index (Phi) is 3.82. The summed E-state index contributed by atoms with van der Waals surface area (Å²) in [5, 5.41) is 14.0. The van der Waals surface area contributed by atoms with Crippen LogP contribution in [0, 0.1) is 19.8 Å². The van der Waals surface area contributed by atoms with Gasteiger partial charge in [-0.3, -0.25) is 4.79 Å². The third-order valence-corrected chi connectivity index (χ3v) is 4.24. The minimum Gasteiger partial charge on any atom is -0.393 e. The molecule has 3 heterocycles. The van der Waals surface area contributed by atoms with E-state index in [0.29, 0.717) is 18.9 Å². The van der Waals surface area contributed by atoms with E-state index in [4.69, 9.17) is 0 Å². The van der Waals surface area contributed by atoms with Crippen LogP contribution < -0.4 is 0 Å². The van der Waals surface area contributed by atoms with Crippen molar-refractivity contribution in [1.29, 1.82) is 0 Å². The summed E-state index contributed by atoms with van der Waals surface area (Å²) in [5.74, 6) is 0.558. The van der Waals surface area contributed by atoms with Crippen LogP contribution in [0.1, 0.15) is 41.8 Å². The molecule has 0 spiro atoms. The summed E-state index contributed by atoms with van der Waals surface area (Å²) in [6.45, 7) is 6.81. The van der Waals surface area contributed by atoms with Gasteiger partial charge < -0.3 is 10.0 Å². The first kappa shape index (κ1) is 14.9. The van der Waals surface area contributed by atoms with Gasteiger partial charge in [-0.2, -0.15) is 4.98 Å². The molecule has 1 fully saturated rings. The van der Waals surface area contributed by atoms with Crippen molar-refractivity contribution in [1.82, 2.24) is 24.5 Å². The molecule has 0 aromatic carbocycles. The molecule has 0 bridgehead atoms. The Labute approximate surface area is 129 Å². The molecule has 1 aliphatic heterocycles. The van der Waals surface area contributed by atoms with Gasteiger partial charge in [-0.05, 0) is 39.7 Å². The Morgan fingerprint density at radius 1 is 1.41 bits per heavy atom. The number of hydrogen-bond donors (Lipinski definition) is 1. The molecule has 0 aliphatic carbocycles. The lowest BCUT2D eigenvalue weighted by Crippen LogP contribution is -2.43. The minimum atomic E-state index is -0.406. The first-order valence-corrected chi connectivity index (χ1v) is 7.64. The molecule has 2 atom stereocenters. The summed E-state index contributed by atoms with van der Waals surface area (Å²) < 4.78 is 1.59. The van der Waals surface area contributed by atoms with Gasteiger partial charge in [0.1, 0.15) is 0 Å². The molecule has 22 heavy (non-hydrogen) atoms. The van der Waals surface area contributed by atoms with Crippen molar-refractivity contribution in [3.8, 4) is 0 Å². The number of aliphatic hydroxyl groups excluding tert-OH is 1. The van der Waals surface area contributed by atoms with E-state index >= 15 is 0 Å². The van der Waals surface area contributed by atoms with Crippen molar-refractivity contribution in [2.24, 2.45) is 5.92 Å². The lowest BCUT2D eigenvalue weighted by atomic mass is 9.93. The molecule has 1 aliphatic rings. The number of hydrogen-bond acceptors (Lipinski definition) is 5. The molecule has 2 unspecified atom stereocenters. The van der Waals surface area contributed by atoms with Crippen molar-refractivity contribution in [3.63, 3.8) is 0 Å². The van der Waals surface area contributed by atoms with E-state index in [9.17, 15) is 9.90 Å². The zero-order chi connectivity index (χ0) is 15.9. The maximum absolute atomic E-state index is 12.6. The topological polar surface area (TPSA) is 83.6 Å². The standard InChI is InChI=1S/C15H21N5O2/c1-9-7-10(2)20-15(16-9)17-13(18-20)14(22)19-6-4-5-12(8-19)11(3)21/h7,11-12,21H,4-6,8H2,1-3H3. The lowest BCUT2D eigenvalue weighted by molar-refractivity contribution is 0.0457. The van der Waals surface area contributed by atoms with Crippen LogP contribution in [0.3, 0.4) is 0 Å². The van der Waals surface area contributed by atoms with Gasteiger partial charge in [-0.25, -0.2) is 9.50 Å². The van der Waals surface area contributed by atoms with Crippen LogP contribution in [0.2, 0.25) is 0 Å². The summed E-state index contributed by atoms with van der Waals surface area (Å²) in [4.78, 5) is 22.9. The fraction of sp³-hybridized carbons (Fsp3) is 0.600. The second-order valence-electron chi connectivity index (χ2n) is 6.08. The van der Waals surface area contributed by atoms with Crippen LogP contribution >= 0.6 is 0 Å². The predicted molar refractivity (Wildman–Crippen MR) is 80.6 cm³/mol. The monoisotopic (exact) mass is 303 g/mol. The highest BCUT2D eigenvalue weighted by Crippen LogP contribution is 2.21. The Morgan fingerprint density at radius 2 is 2.18 bits per heavy atom. The van der Waals surface area contributed by atoms with Crippen molar-refractivity contribution < 1.29 is 9.90 Å². The molecule has 3 rings (SSSR count). The first-order valence-electron chi connectivity index (χ1n) is 7.64. The Bertz CT molecular complexity index is 709. The fourth-order valence-electron chi connectivity index (χ4n) is 2.99. The second-order valence-corrected chi connectivity index (χ2v) is 6.08. The number of nitrogens with zero attached hydrogens (tertiary/aromatic N) is 5. The van der Waals surface area contributed by atoms with Crippen molar-refractivity contribution in [2.75, 3.05) is 13.1 Å². The molecule has 7 heteroatoms. The number of likely N-dealkylation sites (tertiary alicyclic amines) is 1. The zero-order valence-corrected chi connectivity index (χ0v) is 13.2. The summed E-state index contributed by atoms with van der Waals surface area (Å²) >= 11 is 0. The molecule has 2 aromatic rings. The quantitative estimate of drug-likeness (QED) is 0.894. The number of fused-ring (bicyclic) bond motifs is 1. The first-order chi connectivity index (χ1) is 10.5. The summed E-state index contributed by atoms with van der Waals surface area (Å²) in [6, 6.07) is 1.90. The van der Waals surface area contributed by atoms with E-state index in [1.165, 1.54) is 0 Å². The molecule has 1 N–H and O–H groups in total. The number of amides is 1. The Hall–Kier alpha value is -2.02. The maximum Gasteiger partial charge on any atom is 0.293 e. The number of aliphatic hydroxyl groups is 1. The number of aromatic nitrogens is 4.